The fourth-order valence-electron chi connectivity index (χ4n) is 0.424. The molecule has 0 heterocycles. The second-order valence-electron chi connectivity index (χ2n) is 1.80. The Morgan fingerprint density at radius 3 is 2.64 bits per heavy atom. The molecular formula is C6H10BrN3O. The maximum atomic E-state index is 10.4. The van der Waals surface area contributed by atoms with Gasteiger partial charge in [0.2, 0.25) is 5.91 Å². The molecule has 0 aliphatic heterocycles. The number of nitrogens with one attached hydrogen (secondary N) is 1. The second kappa shape index (κ2) is 4.90. The average Bonchev–Trinajstić information content (AvgIpc) is 1.86. The Morgan fingerprint density at radius 1 is 1.73 bits per heavy atom. The van der Waals surface area contributed by atoms with E-state index in [-0.39, 0.29) is 11.7 Å². The van der Waals surface area contributed by atoms with Crippen LogP contribution < -0.4 is 11.1 Å². The Hall–Kier alpha value is -0.840. The van der Waals surface area contributed by atoms with E-state index >= 15 is 0 Å². The Balaban J connectivity index is 4.35. The molecule has 0 saturated heterocycles. The molecule has 0 aliphatic carbocycles. The summed E-state index contributed by atoms with van der Waals surface area (Å²) >= 11 is 3.12. The van der Waals surface area contributed by atoms with Crippen LogP contribution in [0.25, 0.3) is 0 Å². The molecule has 62 valence electrons. The monoisotopic (exact) mass is 219 g/mol. The van der Waals surface area contributed by atoms with Crippen LogP contribution >= 0.6 is 15.9 Å². The Bertz CT molecular complexity index is 210. The predicted molar refractivity (Wildman–Crippen MR) is 48.4 cm³/mol. The lowest BCUT2D eigenvalue weighted by molar-refractivity contribution is -0.115. The van der Waals surface area contributed by atoms with Gasteiger partial charge in [0.25, 0.3) is 0 Å². The van der Waals surface area contributed by atoms with Gasteiger partial charge in [-0.1, -0.05) is 0 Å². The Kier molecular flexibility index (Phi) is 4.52. The molecule has 5 heteroatoms. The molecule has 0 aromatic carbocycles. The summed E-state index contributed by atoms with van der Waals surface area (Å²) in [6.07, 6.45) is 1.60. The highest BCUT2D eigenvalue weighted by atomic mass is 79.9. The summed E-state index contributed by atoms with van der Waals surface area (Å²) in [6.45, 7) is 1.34. The number of hydrogen-bond acceptors (Lipinski definition) is 2. The number of aliphatic imine (C=N–C) groups is 1. The van der Waals surface area contributed by atoms with E-state index in [0.717, 1.165) is 0 Å². The van der Waals surface area contributed by atoms with E-state index < -0.39 is 0 Å². The number of carbonyl (C=O) groups is 1. The van der Waals surface area contributed by atoms with Gasteiger partial charge in [0, 0.05) is 20.2 Å². The quantitative estimate of drug-likeness (QED) is 0.521. The third-order valence-corrected chi connectivity index (χ3v) is 1.43. The summed E-state index contributed by atoms with van der Waals surface area (Å²) in [6, 6.07) is 0. The normalized spacial score (nSPS) is 13.0. The lowest BCUT2D eigenvalue weighted by Crippen LogP contribution is -2.14. The van der Waals surface area contributed by atoms with Crippen molar-refractivity contribution in [2.24, 2.45) is 10.7 Å². The fraction of sp³-hybridized carbons (Fsp3) is 0.333. The summed E-state index contributed by atoms with van der Waals surface area (Å²) in [5, 5.41) is 2.74. The zero-order valence-corrected chi connectivity index (χ0v) is 7.97. The molecular weight excluding hydrogens is 210 g/mol. The van der Waals surface area contributed by atoms with Crippen molar-refractivity contribution in [2.45, 2.75) is 6.92 Å². The predicted octanol–water partition coefficient (Wildman–Crippen LogP) is 0.346. The molecule has 3 N–H and O–H groups in total. The lowest BCUT2D eigenvalue weighted by atomic mass is 10.5. The molecule has 11 heavy (non-hydrogen) atoms. The molecule has 4 nitrogen and oxygen atoms in total. The third kappa shape index (κ3) is 4.55. The van der Waals surface area contributed by atoms with Crippen LogP contribution in [0, 0.1) is 0 Å². The van der Waals surface area contributed by atoms with E-state index in [1.807, 2.05) is 0 Å². The van der Waals surface area contributed by atoms with Gasteiger partial charge in [-0.15, -0.1) is 0 Å². The molecule has 0 aliphatic rings. The number of amides is 1. The van der Waals surface area contributed by atoms with Crippen molar-refractivity contribution in [1.29, 1.82) is 0 Å². The highest BCUT2D eigenvalue weighted by Crippen LogP contribution is 2.02. The van der Waals surface area contributed by atoms with Crippen LogP contribution in [0.1, 0.15) is 6.92 Å². The largest absolute Gasteiger partial charge is 0.393 e. The second-order valence-corrected chi connectivity index (χ2v) is 2.65. The minimum Gasteiger partial charge on any atom is -0.393 e. The first kappa shape index (κ1) is 10.2. The SMILES string of the molecule is CN/C=C(/Br)C(N)=NC(C)=O. The van der Waals surface area contributed by atoms with Crippen molar-refractivity contribution in [2.75, 3.05) is 7.05 Å². The molecule has 0 saturated carbocycles. The standard InChI is InChI=1S/C6H10BrN3O/c1-4(11)10-6(8)5(7)3-9-2/h3,9H,1-2H3,(H2,8,10,11)/b5-3+. The van der Waals surface area contributed by atoms with Gasteiger partial charge in [0.1, 0.15) is 5.84 Å². The maximum absolute atomic E-state index is 10.4. The van der Waals surface area contributed by atoms with Crippen molar-refractivity contribution in [3.05, 3.63) is 10.7 Å². The fourth-order valence-corrected chi connectivity index (χ4v) is 0.741. The summed E-state index contributed by atoms with van der Waals surface area (Å²) in [5.41, 5.74) is 5.38. The van der Waals surface area contributed by atoms with E-state index in [4.69, 9.17) is 5.73 Å². The first-order valence-corrected chi connectivity index (χ1v) is 3.75. The van der Waals surface area contributed by atoms with Crippen molar-refractivity contribution in [3.8, 4) is 0 Å². The maximum Gasteiger partial charge on any atom is 0.244 e. The van der Waals surface area contributed by atoms with Crippen LogP contribution in [0.5, 0.6) is 0 Å². The Morgan fingerprint density at radius 2 is 2.27 bits per heavy atom. The highest BCUT2D eigenvalue weighted by molar-refractivity contribution is 9.12. The first-order chi connectivity index (χ1) is 5.07. The zero-order valence-electron chi connectivity index (χ0n) is 6.39. The number of rotatable bonds is 2. The van der Waals surface area contributed by atoms with E-state index in [0.29, 0.717) is 4.48 Å². The first-order valence-electron chi connectivity index (χ1n) is 2.96. The molecule has 0 spiro atoms. The molecule has 0 aromatic rings. The summed E-state index contributed by atoms with van der Waals surface area (Å²) in [5.74, 6) is -0.143. The van der Waals surface area contributed by atoms with Gasteiger partial charge in [0.05, 0.1) is 4.48 Å². The molecule has 0 atom stereocenters. The summed E-state index contributed by atoms with van der Waals surface area (Å²) < 4.78 is 0.565. The van der Waals surface area contributed by atoms with Gasteiger partial charge in [-0.25, -0.2) is 0 Å². The van der Waals surface area contributed by atoms with Crippen molar-refractivity contribution in [1.82, 2.24) is 5.32 Å². The van der Waals surface area contributed by atoms with Crippen LogP contribution in [-0.4, -0.2) is 18.8 Å². The average molecular weight is 220 g/mol. The van der Waals surface area contributed by atoms with Crippen LogP contribution in [0.3, 0.4) is 0 Å². The molecule has 0 rings (SSSR count). The van der Waals surface area contributed by atoms with Crippen molar-refractivity contribution < 1.29 is 4.79 Å². The Labute approximate surface area is 73.7 Å². The number of hydrogen-bond donors (Lipinski definition) is 2. The van der Waals surface area contributed by atoms with E-state index in [1.165, 1.54) is 6.92 Å². The van der Waals surface area contributed by atoms with E-state index in [2.05, 4.69) is 26.2 Å². The molecule has 0 radical (unpaired) electrons. The van der Waals surface area contributed by atoms with Gasteiger partial charge in [-0.3, -0.25) is 4.79 Å². The number of carbonyl (C=O) groups excluding carboxylic acids is 1. The van der Waals surface area contributed by atoms with E-state index in [9.17, 15) is 4.79 Å². The van der Waals surface area contributed by atoms with Crippen molar-refractivity contribution in [3.63, 3.8) is 0 Å². The van der Waals surface area contributed by atoms with Gasteiger partial charge in [-0.05, 0) is 15.9 Å². The van der Waals surface area contributed by atoms with Gasteiger partial charge in [0.15, 0.2) is 0 Å². The number of halogens is 1. The van der Waals surface area contributed by atoms with Crippen molar-refractivity contribution >= 4 is 27.7 Å². The molecule has 0 bridgehead atoms. The van der Waals surface area contributed by atoms with E-state index in [1.54, 1.807) is 13.2 Å². The van der Waals surface area contributed by atoms with Crippen LogP contribution in [0.4, 0.5) is 0 Å². The zero-order chi connectivity index (χ0) is 8.85. The third-order valence-electron chi connectivity index (χ3n) is 0.794. The molecule has 1 amide bonds. The number of nitrogens with zero attached hydrogens (tertiary/aromatic N) is 1. The highest BCUT2D eigenvalue weighted by Gasteiger charge is 1.97. The summed E-state index contributed by atoms with van der Waals surface area (Å²) in [4.78, 5) is 13.9. The van der Waals surface area contributed by atoms with Gasteiger partial charge >= 0.3 is 0 Å². The smallest absolute Gasteiger partial charge is 0.244 e. The molecule has 0 fully saturated rings. The molecule has 0 aromatic heterocycles. The number of amidine groups is 1. The minimum absolute atomic E-state index is 0.173. The number of nitrogens with two attached hydrogens (primary N) is 1. The molecule has 0 unspecified atom stereocenters. The van der Waals surface area contributed by atoms with Crippen LogP contribution in [0.15, 0.2) is 15.7 Å². The van der Waals surface area contributed by atoms with Gasteiger partial charge in [-0.2, -0.15) is 4.99 Å². The topological polar surface area (TPSA) is 67.5 Å². The minimum atomic E-state index is -0.316. The van der Waals surface area contributed by atoms with Crippen LogP contribution in [0.2, 0.25) is 0 Å². The van der Waals surface area contributed by atoms with Gasteiger partial charge < -0.3 is 11.1 Å². The van der Waals surface area contributed by atoms with Crippen LogP contribution in [-0.2, 0) is 4.79 Å². The lowest BCUT2D eigenvalue weighted by Gasteiger charge is -1.95. The summed E-state index contributed by atoms with van der Waals surface area (Å²) in [7, 11) is 1.72.